The maximum atomic E-state index is 13.5. The number of halogens is 3. The van der Waals surface area contributed by atoms with Crippen molar-refractivity contribution < 1.29 is 22.8 Å². The van der Waals surface area contributed by atoms with E-state index in [1.54, 1.807) is 12.1 Å². The summed E-state index contributed by atoms with van der Waals surface area (Å²) in [5, 5.41) is 7.08. The van der Waals surface area contributed by atoms with Gasteiger partial charge in [0.15, 0.2) is 23.0 Å². The van der Waals surface area contributed by atoms with Crippen LogP contribution in [0.15, 0.2) is 53.1 Å². The maximum Gasteiger partial charge on any atom is 0.273 e. The molecule has 1 amide bonds. The minimum atomic E-state index is -0.829. The summed E-state index contributed by atoms with van der Waals surface area (Å²) in [5.74, 6) is -1.86. The molecule has 3 aromatic rings. The average Bonchev–Trinajstić information content (AvgIpc) is 3.10. The highest BCUT2D eigenvalue weighted by Gasteiger charge is 2.16. The fraction of sp³-hybridized carbons (Fsp3) is 0.158. The third-order valence-electron chi connectivity index (χ3n) is 3.77. The lowest BCUT2D eigenvalue weighted by atomic mass is 10.1. The van der Waals surface area contributed by atoms with Gasteiger partial charge >= 0.3 is 0 Å². The second-order valence-electron chi connectivity index (χ2n) is 5.79. The zero-order valence-electron chi connectivity index (χ0n) is 14.2. The van der Waals surface area contributed by atoms with E-state index in [9.17, 15) is 13.6 Å². The fourth-order valence-corrected chi connectivity index (χ4v) is 2.46. The zero-order valence-corrected chi connectivity index (χ0v) is 15.0. The minimum Gasteiger partial charge on any atom is -0.482 e. The first-order chi connectivity index (χ1) is 12.9. The molecule has 0 fully saturated rings. The molecular weight excluding hydrogens is 378 g/mol. The number of ether oxygens (including phenoxy) is 1. The Morgan fingerprint density at radius 3 is 2.67 bits per heavy atom. The van der Waals surface area contributed by atoms with Crippen LogP contribution >= 0.6 is 11.6 Å². The molecule has 8 heteroatoms. The summed E-state index contributed by atoms with van der Waals surface area (Å²) < 4.78 is 36.6. The van der Waals surface area contributed by atoms with Crippen molar-refractivity contribution in [1.82, 2.24) is 10.5 Å². The molecule has 5 nitrogen and oxygen atoms in total. The SMILES string of the molecule is C[C@H](NC(=O)c1cc(COc2ccc(F)cc2F)on1)c1ccc(Cl)cc1. The quantitative estimate of drug-likeness (QED) is 0.661. The number of aromatic nitrogens is 1. The van der Waals surface area contributed by atoms with E-state index in [1.165, 1.54) is 12.1 Å². The molecule has 0 unspecified atom stereocenters. The minimum absolute atomic E-state index is 0.0639. The van der Waals surface area contributed by atoms with Gasteiger partial charge in [-0.2, -0.15) is 0 Å². The molecule has 27 heavy (non-hydrogen) atoms. The van der Waals surface area contributed by atoms with E-state index in [2.05, 4.69) is 10.5 Å². The molecular formula is C19H15ClF2N2O3. The number of benzene rings is 2. The van der Waals surface area contributed by atoms with Crippen LogP contribution in [0, 0.1) is 11.6 Å². The smallest absolute Gasteiger partial charge is 0.273 e. The topological polar surface area (TPSA) is 64.4 Å². The van der Waals surface area contributed by atoms with Crippen LogP contribution in [0.4, 0.5) is 8.78 Å². The number of amides is 1. The molecule has 1 heterocycles. The van der Waals surface area contributed by atoms with Crippen LogP contribution in [0.1, 0.15) is 34.8 Å². The molecule has 0 aliphatic carbocycles. The van der Waals surface area contributed by atoms with Crippen molar-refractivity contribution in [3.63, 3.8) is 0 Å². The van der Waals surface area contributed by atoms with Gasteiger partial charge in [-0.15, -0.1) is 0 Å². The van der Waals surface area contributed by atoms with Crippen LogP contribution in [-0.4, -0.2) is 11.1 Å². The van der Waals surface area contributed by atoms with Gasteiger partial charge in [0.1, 0.15) is 12.4 Å². The molecule has 1 aromatic heterocycles. The molecule has 0 radical (unpaired) electrons. The summed E-state index contributed by atoms with van der Waals surface area (Å²) in [6, 6.07) is 11.2. The van der Waals surface area contributed by atoms with E-state index in [1.807, 2.05) is 19.1 Å². The number of nitrogens with zero attached hydrogens (tertiary/aromatic N) is 1. The average molecular weight is 393 g/mol. The zero-order chi connectivity index (χ0) is 19.4. The van der Waals surface area contributed by atoms with E-state index in [4.69, 9.17) is 20.9 Å². The van der Waals surface area contributed by atoms with E-state index >= 15 is 0 Å². The molecule has 0 aliphatic heterocycles. The van der Waals surface area contributed by atoms with Gasteiger partial charge in [0.25, 0.3) is 5.91 Å². The van der Waals surface area contributed by atoms with Crippen LogP contribution in [-0.2, 0) is 6.61 Å². The van der Waals surface area contributed by atoms with Crippen LogP contribution in [0.25, 0.3) is 0 Å². The van der Waals surface area contributed by atoms with Gasteiger partial charge in [-0.1, -0.05) is 28.9 Å². The highest BCUT2D eigenvalue weighted by molar-refractivity contribution is 6.30. The summed E-state index contributed by atoms with van der Waals surface area (Å²) in [4.78, 5) is 12.3. The predicted octanol–water partition coefficient (Wildman–Crippen LogP) is 4.68. The van der Waals surface area contributed by atoms with Crippen molar-refractivity contribution in [3.8, 4) is 5.75 Å². The third-order valence-corrected chi connectivity index (χ3v) is 4.03. The molecule has 1 N–H and O–H groups in total. The second kappa shape index (κ2) is 8.18. The van der Waals surface area contributed by atoms with Crippen LogP contribution in [0.2, 0.25) is 5.02 Å². The van der Waals surface area contributed by atoms with Crippen molar-refractivity contribution in [2.24, 2.45) is 0 Å². The van der Waals surface area contributed by atoms with Crippen molar-refractivity contribution in [2.75, 3.05) is 0 Å². The lowest BCUT2D eigenvalue weighted by Crippen LogP contribution is -2.26. The molecule has 140 valence electrons. The normalized spacial score (nSPS) is 11.9. The van der Waals surface area contributed by atoms with Gasteiger partial charge in [-0.05, 0) is 36.8 Å². The van der Waals surface area contributed by atoms with Crippen molar-refractivity contribution in [2.45, 2.75) is 19.6 Å². The van der Waals surface area contributed by atoms with Gasteiger partial charge in [-0.3, -0.25) is 4.79 Å². The number of carbonyl (C=O) groups excluding carboxylic acids is 1. The Hall–Kier alpha value is -2.93. The Labute approximate surface area is 158 Å². The maximum absolute atomic E-state index is 13.5. The highest BCUT2D eigenvalue weighted by atomic mass is 35.5. The van der Waals surface area contributed by atoms with Crippen molar-refractivity contribution >= 4 is 17.5 Å². The van der Waals surface area contributed by atoms with Gasteiger partial charge < -0.3 is 14.6 Å². The van der Waals surface area contributed by atoms with E-state index in [-0.39, 0.29) is 29.9 Å². The Balaban J connectivity index is 1.59. The summed E-state index contributed by atoms with van der Waals surface area (Å²) in [5.41, 5.74) is 0.945. The van der Waals surface area contributed by atoms with Crippen molar-refractivity contribution in [1.29, 1.82) is 0 Å². The van der Waals surface area contributed by atoms with Gasteiger partial charge in [0.05, 0.1) is 6.04 Å². The molecule has 2 aromatic carbocycles. The fourth-order valence-electron chi connectivity index (χ4n) is 2.33. The van der Waals surface area contributed by atoms with Crippen molar-refractivity contribution in [3.05, 3.63) is 82.2 Å². The summed E-state index contributed by atoms with van der Waals surface area (Å²) in [6.45, 7) is 1.66. The van der Waals surface area contributed by atoms with Gasteiger partial charge in [0, 0.05) is 17.2 Å². The monoisotopic (exact) mass is 392 g/mol. The molecule has 0 bridgehead atoms. The molecule has 0 spiro atoms. The Morgan fingerprint density at radius 1 is 1.22 bits per heavy atom. The highest BCUT2D eigenvalue weighted by Crippen LogP contribution is 2.20. The van der Waals surface area contributed by atoms with Crippen LogP contribution in [0.5, 0.6) is 5.75 Å². The predicted molar refractivity (Wildman–Crippen MR) is 94.5 cm³/mol. The third kappa shape index (κ3) is 4.83. The molecule has 0 aliphatic rings. The molecule has 3 rings (SSSR count). The van der Waals surface area contributed by atoms with Crippen LogP contribution < -0.4 is 10.1 Å². The number of hydrogen-bond donors (Lipinski definition) is 1. The largest absolute Gasteiger partial charge is 0.482 e. The van der Waals surface area contributed by atoms with Gasteiger partial charge in [0.2, 0.25) is 0 Å². The summed E-state index contributed by atoms with van der Waals surface area (Å²) >= 11 is 5.85. The molecule has 0 saturated carbocycles. The Morgan fingerprint density at radius 2 is 1.96 bits per heavy atom. The summed E-state index contributed by atoms with van der Waals surface area (Å²) in [7, 11) is 0. The number of hydrogen-bond acceptors (Lipinski definition) is 4. The number of carbonyl (C=O) groups is 1. The Kier molecular flexibility index (Phi) is 5.71. The molecule has 0 saturated heterocycles. The lowest BCUT2D eigenvalue weighted by Gasteiger charge is -2.13. The standard InChI is InChI=1S/C19H15ClF2N2O3/c1-11(12-2-4-13(20)5-3-12)23-19(25)17-9-15(27-24-17)10-26-18-7-6-14(21)8-16(18)22/h2-9,11H,10H2,1H3,(H,23,25)/t11-/m0/s1. The number of rotatable bonds is 6. The Bertz CT molecular complexity index is 944. The van der Waals surface area contributed by atoms with Gasteiger partial charge in [-0.25, -0.2) is 8.78 Å². The second-order valence-corrected chi connectivity index (χ2v) is 6.23. The first-order valence-electron chi connectivity index (χ1n) is 8.02. The van der Waals surface area contributed by atoms with Crippen LogP contribution in [0.3, 0.4) is 0 Å². The van der Waals surface area contributed by atoms with E-state index < -0.39 is 17.5 Å². The van der Waals surface area contributed by atoms with E-state index in [0.717, 1.165) is 11.6 Å². The summed E-state index contributed by atoms with van der Waals surface area (Å²) in [6.07, 6.45) is 0. The first kappa shape index (κ1) is 18.8. The number of nitrogens with one attached hydrogen (secondary N) is 1. The lowest BCUT2D eigenvalue weighted by molar-refractivity contribution is 0.0930. The first-order valence-corrected chi connectivity index (χ1v) is 8.40. The van der Waals surface area contributed by atoms with E-state index in [0.29, 0.717) is 11.1 Å². The molecule has 1 atom stereocenters.